The molecule has 1 aromatic rings. The van der Waals surface area contributed by atoms with E-state index in [-0.39, 0.29) is 34.8 Å². The van der Waals surface area contributed by atoms with Crippen LogP contribution in [0.5, 0.6) is 0 Å². The maximum atomic E-state index is 13.3. The number of rotatable bonds is 9. The number of unbranched alkanes of at least 4 members (excludes halogenated alkanes) is 2. The van der Waals surface area contributed by atoms with Crippen molar-refractivity contribution in [2.24, 2.45) is 16.7 Å². The zero-order valence-corrected chi connectivity index (χ0v) is 22.5. The van der Waals surface area contributed by atoms with Gasteiger partial charge in [0.05, 0.1) is 11.8 Å². The summed E-state index contributed by atoms with van der Waals surface area (Å²) in [6.45, 7) is 2.12. The molecule has 3 aliphatic rings. The lowest BCUT2D eigenvalue weighted by Crippen LogP contribution is -2.50. The van der Waals surface area contributed by atoms with Crippen molar-refractivity contribution in [2.75, 3.05) is 4.72 Å². The van der Waals surface area contributed by atoms with Gasteiger partial charge in [-0.3, -0.25) is 9.27 Å². The molecule has 0 heterocycles. The quantitative estimate of drug-likeness (QED) is 0.121. The Hall–Kier alpha value is -1.76. The van der Waals surface area contributed by atoms with E-state index in [2.05, 4.69) is 17.7 Å². The number of benzene rings is 1. The molecular weight excluding hydrogens is 545 g/mol. The van der Waals surface area contributed by atoms with Gasteiger partial charge in [0.15, 0.2) is 0 Å². The summed E-state index contributed by atoms with van der Waals surface area (Å²) in [6, 6.07) is 5.23. The summed E-state index contributed by atoms with van der Waals surface area (Å²) in [5, 5.41) is 20.3. The number of alkyl halides is 5. The predicted molar refractivity (Wildman–Crippen MR) is 136 cm³/mol. The van der Waals surface area contributed by atoms with Crippen molar-refractivity contribution in [1.82, 2.24) is 0 Å². The highest BCUT2D eigenvalue weighted by Gasteiger charge is 2.62. The fraction of sp³-hybridized carbons (Fsp3) is 0.704. The molecule has 1 aromatic carbocycles. The van der Waals surface area contributed by atoms with Crippen molar-refractivity contribution in [2.45, 2.75) is 101 Å². The van der Waals surface area contributed by atoms with E-state index in [1.165, 1.54) is 0 Å². The molecule has 0 bridgehead atoms. The van der Waals surface area contributed by atoms with Crippen LogP contribution in [0.25, 0.3) is 0 Å². The van der Waals surface area contributed by atoms with Crippen LogP contribution in [-0.2, 0) is 16.7 Å². The number of aliphatic hydroxyl groups excluding tert-OH is 2. The Morgan fingerprint density at radius 1 is 1.13 bits per heavy atom. The molecule has 3 unspecified atom stereocenters. The van der Waals surface area contributed by atoms with Gasteiger partial charge in [0.1, 0.15) is 6.10 Å². The minimum Gasteiger partial charge on any atom is -0.393 e. The zero-order valence-electron chi connectivity index (χ0n) is 21.7. The van der Waals surface area contributed by atoms with E-state index >= 15 is 0 Å². The summed E-state index contributed by atoms with van der Waals surface area (Å²) < 4.78 is 97.8. The SMILES string of the molecule is C[C@]12CCC3c4ccc(NS(=O)(=O)O)cc4CCC3(C=CCCCC[C@@H](O)C(F)(F)C(F)(F)F)C1CC[C@@H]2O. The van der Waals surface area contributed by atoms with Crippen LogP contribution in [-0.4, -0.2) is 47.5 Å². The van der Waals surface area contributed by atoms with E-state index in [0.717, 1.165) is 36.8 Å². The standard InChI is InChI=1S/C27H36F5NO5S/c1-24-14-12-20-19-8-7-18(33-39(36,37)38)16-17(19)11-15-25(20,21(24)9-10-22(24)34)13-5-3-2-4-6-23(35)26(28,29)27(30,31)32/h5,7-8,13,16,20-23,33-35H,2-4,6,9-12,14-15H2,1H3,(H,36,37,38)/t20?,21?,22-,23+,24-,25?/m0/s1. The summed E-state index contributed by atoms with van der Waals surface area (Å²) in [5.41, 5.74) is 1.79. The minimum atomic E-state index is -5.79. The number of fused-ring (bicyclic) bond motifs is 5. The molecule has 6 nitrogen and oxygen atoms in total. The van der Waals surface area contributed by atoms with Crippen LogP contribution in [0.4, 0.5) is 27.6 Å². The number of hydrogen-bond donors (Lipinski definition) is 4. The molecule has 0 spiro atoms. The third-order valence-corrected chi connectivity index (χ3v) is 9.96. The molecule has 0 saturated heterocycles. The van der Waals surface area contributed by atoms with Gasteiger partial charge in [-0.15, -0.1) is 0 Å². The van der Waals surface area contributed by atoms with Crippen LogP contribution < -0.4 is 4.72 Å². The molecular formula is C27H36F5NO5S. The van der Waals surface area contributed by atoms with E-state index in [1.54, 1.807) is 12.1 Å². The van der Waals surface area contributed by atoms with Crippen LogP contribution in [0.1, 0.15) is 81.8 Å². The third kappa shape index (κ3) is 5.71. The van der Waals surface area contributed by atoms with Gasteiger partial charge in [0.2, 0.25) is 0 Å². The van der Waals surface area contributed by atoms with Gasteiger partial charge in [0, 0.05) is 0 Å². The van der Waals surface area contributed by atoms with Crippen LogP contribution in [0.2, 0.25) is 0 Å². The molecule has 220 valence electrons. The van der Waals surface area contributed by atoms with Gasteiger partial charge in [-0.25, -0.2) is 0 Å². The molecule has 0 amide bonds. The second-order valence-electron chi connectivity index (χ2n) is 11.7. The summed E-state index contributed by atoms with van der Waals surface area (Å²) >= 11 is 0. The van der Waals surface area contributed by atoms with E-state index in [9.17, 15) is 40.6 Å². The number of anilines is 1. The molecule has 0 radical (unpaired) electrons. The van der Waals surface area contributed by atoms with Gasteiger partial charge >= 0.3 is 22.4 Å². The highest BCUT2D eigenvalue weighted by molar-refractivity contribution is 7.87. The molecule has 4 N–H and O–H groups in total. The smallest absolute Gasteiger partial charge is 0.393 e. The van der Waals surface area contributed by atoms with Gasteiger partial charge in [-0.05, 0) is 104 Å². The van der Waals surface area contributed by atoms with Crippen LogP contribution in [0.15, 0.2) is 30.4 Å². The number of aryl methyl sites for hydroxylation is 1. The summed E-state index contributed by atoms with van der Waals surface area (Å²) in [7, 11) is -4.41. The molecule has 6 atom stereocenters. The largest absolute Gasteiger partial charge is 0.456 e. The van der Waals surface area contributed by atoms with Crippen molar-refractivity contribution < 1.29 is 45.1 Å². The van der Waals surface area contributed by atoms with Crippen molar-refractivity contribution >= 4 is 16.0 Å². The van der Waals surface area contributed by atoms with Crippen molar-refractivity contribution in [3.05, 3.63) is 41.5 Å². The Labute approximate surface area is 225 Å². The maximum Gasteiger partial charge on any atom is 0.456 e. The van der Waals surface area contributed by atoms with Crippen molar-refractivity contribution in [3.8, 4) is 0 Å². The Morgan fingerprint density at radius 3 is 2.51 bits per heavy atom. The minimum absolute atomic E-state index is 0.0137. The van der Waals surface area contributed by atoms with Crippen molar-refractivity contribution in [1.29, 1.82) is 0 Å². The number of halogens is 5. The normalized spacial score (nSPS) is 32.0. The zero-order chi connectivity index (χ0) is 28.9. The molecule has 2 fully saturated rings. The second-order valence-corrected chi connectivity index (χ2v) is 12.8. The molecule has 4 rings (SSSR count). The lowest BCUT2D eigenvalue weighted by atomic mass is 9.47. The van der Waals surface area contributed by atoms with E-state index < -0.39 is 41.0 Å². The van der Waals surface area contributed by atoms with Gasteiger partial charge in [-0.2, -0.15) is 30.4 Å². The Balaban J connectivity index is 1.52. The van der Waals surface area contributed by atoms with E-state index in [0.29, 0.717) is 25.7 Å². The first-order valence-electron chi connectivity index (χ1n) is 13.4. The third-order valence-electron chi connectivity index (χ3n) is 9.47. The number of allylic oxidation sites excluding steroid dienone is 2. The molecule has 39 heavy (non-hydrogen) atoms. The molecule has 3 aliphatic carbocycles. The first-order chi connectivity index (χ1) is 18.0. The van der Waals surface area contributed by atoms with Gasteiger partial charge in [-0.1, -0.05) is 31.6 Å². The molecule has 0 aliphatic heterocycles. The molecule has 0 aromatic heterocycles. The van der Waals surface area contributed by atoms with Crippen LogP contribution in [0.3, 0.4) is 0 Å². The topological polar surface area (TPSA) is 107 Å². The Bertz CT molecular complexity index is 1190. The average Bonchev–Trinajstić information content (AvgIpc) is 3.14. The van der Waals surface area contributed by atoms with Crippen LogP contribution >= 0.6 is 0 Å². The summed E-state index contributed by atoms with van der Waals surface area (Å²) in [4.78, 5) is 0. The van der Waals surface area contributed by atoms with Gasteiger partial charge in [0.25, 0.3) is 0 Å². The highest BCUT2D eigenvalue weighted by atomic mass is 32.2. The average molecular weight is 582 g/mol. The first-order valence-corrected chi connectivity index (χ1v) is 14.8. The highest BCUT2D eigenvalue weighted by Crippen LogP contribution is 2.67. The lowest BCUT2D eigenvalue weighted by Gasteiger charge is -2.57. The van der Waals surface area contributed by atoms with Crippen molar-refractivity contribution in [3.63, 3.8) is 0 Å². The number of hydrogen-bond acceptors (Lipinski definition) is 4. The Kier molecular flexibility index (Phi) is 8.19. The predicted octanol–water partition coefficient (Wildman–Crippen LogP) is 6.16. The summed E-state index contributed by atoms with van der Waals surface area (Å²) in [5.74, 6) is -4.85. The number of aliphatic hydroxyl groups is 2. The number of nitrogens with one attached hydrogen (secondary N) is 1. The monoisotopic (exact) mass is 581 g/mol. The molecule has 12 heteroatoms. The van der Waals surface area contributed by atoms with Crippen LogP contribution in [0, 0.1) is 16.7 Å². The summed E-state index contributed by atoms with van der Waals surface area (Å²) in [6.07, 6.45) is -0.154. The Morgan fingerprint density at radius 2 is 1.85 bits per heavy atom. The van der Waals surface area contributed by atoms with Gasteiger partial charge < -0.3 is 10.2 Å². The van der Waals surface area contributed by atoms with E-state index in [1.807, 2.05) is 12.1 Å². The maximum absolute atomic E-state index is 13.3. The fourth-order valence-corrected chi connectivity index (χ4v) is 7.94. The second kappa shape index (κ2) is 10.6. The fourth-order valence-electron chi connectivity index (χ4n) is 7.51. The van der Waals surface area contributed by atoms with E-state index in [4.69, 9.17) is 4.55 Å². The lowest BCUT2D eigenvalue weighted by molar-refractivity contribution is -0.313. The molecule has 2 saturated carbocycles. The first kappa shape index (κ1) is 30.2.